The molecule has 0 heterocycles. The van der Waals surface area contributed by atoms with Crippen LogP contribution >= 0.6 is 0 Å². The van der Waals surface area contributed by atoms with E-state index in [-0.39, 0.29) is 29.7 Å². The summed E-state index contributed by atoms with van der Waals surface area (Å²) >= 11 is 0. The number of carbonyl (C=O) groups excluding carboxylic acids is 1. The van der Waals surface area contributed by atoms with Crippen LogP contribution in [-0.2, 0) is 16.0 Å². The molecule has 1 amide bonds. The van der Waals surface area contributed by atoms with Gasteiger partial charge in [-0.2, -0.15) is 0 Å². The molecule has 0 radical (unpaired) electrons. The zero-order chi connectivity index (χ0) is 17.0. The smallest absolute Gasteiger partial charge is 0.306 e. The average molecular weight is 317 g/mol. The van der Waals surface area contributed by atoms with Crippen molar-refractivity contribution in [3.05, 3.63) is 35.4 Å². The van der Waals surface area contributed by atoms with Gasteiger partial charge in [0.1, 0.15) is 0 Å². The Morgan fingerprint density at radius 1 is 1.17 bits per heavy atom. The number of aryl methyl sites for hydroxylation is 1. The summed E-state index contributed by atoms with van der Waals surface area (Å²) in [7, 11) is 0. The fourth-order valence-corrected chi connectivity index (χ4v) is 3.31. The maximum absolute atomic E-state index is 12.5. The van der Waals surface area contributed by atoms with E-state index in [4.69, 9.17) is 5.11 Å². The van der Waals surface area contributed by atoms with E-state index in [1.807, 2.05) is 0 Å². The maximum atomic E-state index is 12.5. The number of carboxylic acid groups (broad SMARTS) is 1. The molecule has 2 rings (SSSR count). The molecule has 4 heteroatoms. The van der Waals surface area contributed by atoms with Gasteiger partial charge in [0.25, 0.3) is 0 Å². The van der Waals surface area contributed by atoms with Gasteiger partial charge in [-0.05, 0) is 42.7 Å². The van der Waals surface area contributed by atoms with Gasteiger partial charge in [-0.3, -0.25) is 9.59 Å². The maximum Gasteiger partial charge on any atom is 0.306 e. The van der Waals surface area contributed by atoms with Gasteiger partial charge in [0.15, 0.2) is 0 Å². The number of carboxylic acids is 1. The normalized spacial score (nSPS) is 22.1. The van der Waals surface area contributed by atoms with E-state index in [1.54, 1.807) is 0 Å². The quantitative estimate of drug-likeness (QED) is 0.843. The Bertz CT molecular complexity index is 550. The Morgan fingerprint density at radius 2 is 1.78 bits per heavy atom. The van der Waals surface area contributed by atoms with Crippen molar-refractivity contribution < 1.29 is 14.7 Å². The Morgan fingerprint density at radius 3 is 2.26 bits per heavy atom. The minimum absolute atomic E-state index is 0.00739. The van der Waals surface area contributed by atoms with Crippen molar-refractivity contribution in [1.82, 2.24) is 5.32 Å². The van der Waals surface area contributed by atoms with Crippen LogP contribution in [0.5, 0.6) is 0 Å². The summed E-state index contributed by atoms with van der Waals surface area (Å²) in [6.07, 6.45) is 2.73. The molecule has 1 aromatic carbocycles. The summed E-state index contributed by atoms with van der Waals surface area (Å²) in [6, 6.07) is 8.34. The number of aliphatic carboxylic acids is 1. The molecule has 23 heavy (non-hydrogen) atoms. The van der Waals surface area contributed by atoms with Crippen molar-refractivity contribution in [1.29, 1.82) is 0 Å². The van der Waals surface area contributed by atoms with Crippen LogP contribution in [0.25, 0.3) is 0 Å². The lowest BCUT2D eigenvalue weighted by atomic mass is 9.93. The third-order valence-electron chi connectivity index (χ3n) is 4.86. The third-order valence-corrected chi connectivity index (χ3v) is 4.86. The number of benzene rings is 1. The van der Waals surface area contributed by atoms with Crippen LogP contribution in [-0.4, -0.2) is 17.0 Å². The van der Waals surface area contributed by atoms with Crippen LogP contribution < -0.4 is 5.32 Å². The van der Waals surface area contributed by atoms with E-state index in [1.165, 1.54) is 5.56 Å². The number of amides is 1. The van der Waals surface area contributed by atoms with Crippen LogP contribution in [0.4, 0.5) is 0 Å². The number of hydrogen-bond acceptors (Lipinski definition) is 2. The first-order valence-corrected chi connectivity index (χ1v) is 8.54. The lowest BCUT2D eigenvalue weighted by Crippen LogP contribution is -2.35. The van der Waals surface area contributed by atoms with E-state index in [0.29, 0.717) is 19.3 Å². The molecule has 0 aliphatic heterocycles. The largest absolute Gasteiger partial charge is 0.481 e. The topological polar surface area (TPSA) is 66.4 Å². The highest BCUT2D eigenvalue weighted by Crippen LogP contribution is 2.32. The molecule has 0 aromatic heterocycles. The van der Waals surface area contributed by atoms with E-state index in [9.17, 15) is 9.59 Å². The summed E-state index contributed by atoms with van der Waals surface area (Å²) in [4.78, 5) is 23.6. The van der Waals surface area contributed by atoms with Crippen LogP contribution in [0.3, 0.4) is 0 Å². The molecular formula is C19H27NO3. The molecule has 126 valence electrons. The standard InChI is InChI=1S/C19H27NO3/c1-4-13-5-7-14(8-6-13)17(12(2)3)20-18(21)15-9-10-16(11-15)19(22)23/h5-8,12,15-17H,4,9-11H2,1-3H3,(H,20,21)(H,22,23)/t15-,16+,17?/m1/s1. The first kappa shape index (κ1) is 17.5. The van der Waals surface area contributed by atoms with Crippen LogP contribution in [0.1, 0.15) is 57.2 Å². The minimum Gasteiger partial charge on any atom is -0.481 e. The first-order valence-electron chi connectivity index (χ1n) is 8.54. The van der Waals surface area contributed by atoms with Crippen molar-refractivity contribution >= 4 is 11.9 Å². The summed E-state index contributed by atoms with van der Waals surface area (Å²) < 4.78 is 0. The van der Waals surface area contributed by atoms with Crippen molar-refractivity contribution in [2.24, 2.45) is 17.8 Å². The molecule has 2 N–H and O–H groups in total. The van der Waals surface area contributed by atoms with Gasteiger partial charge in [-0.15, -0.1) is 0 Å². The van der Waals surface area contributed by atoms with Crippen molar-refractivity contribution in [3.63, 3.8) is 0 Å². The highest BCUT2D eigenvalue weighted by Gasteiger charge is 2.34. The van der Waals surface area contributed by atoms with E-state index < -0.39 is 5.97 Å². The molecule has 1 aliphatic rings. The summed E-state index contributed by atoms with van der Waals surface area (Å²) in [6.45, 7) is 6.30. The van der Waals surface area contributed by atoms with E-state index in [0.717, 1.165) is 12.0 Å². The molecule has 0 spiro atoms. The second-order valence-electron chi connectivity index (χ2n) is 6.87. The highest BCUT2D eigenvalue weighted by molar-refractivity contribution is 5.81. The number of hydrogen-bond donors (Lipinski definition) is 2. The Balaban J connectivity index is 2.04. The molecule has 4 nitrogen and oxygen atoms in total. The third kappa shape index (κ3) is 4.34. The number of rotatable bonds is 6. The molecule has 1 saturated carbocycles. The minimum atomic E-state index is -0.782. The molecule has 0 saturated heterocycles. The second kappa shape index (κ2) is 7.62. The van der Waals surface area contributed by atoms with Gasteiger partial charge in [0, 0.05) is 5.92 Å². The molecule has 1 aromatic rings. The van der Waals surface area contributed by atoms with Gasteiger partial charge >= 0.3 is 5.97 Å². The second-order valence-corrected chi connectivity index (χ2v) is 6.87. The van der Waals surface area contributed by atoms with Gasteiger partial charge in [-0.1, -0.05) is 45.0 Å². The average Bonchev–Trinajstić information content (AvgIpc) is 3.02. The summed E-state index contributed by atoms with van der Waals surface area (Å²) in [5.41, 5.74) is 2.39. The molecule has 1 fully saturated rings. The number of carbonyl (C=O) groups is 2. The van der Waals surface area contributed by atoms with Crippen LogP contribution in [0, 0.1) is 17.8 Å². The zero-order valence-corrected chi connectivity index (χ0v) is 14.2. The molecule has 1 unspecified atom stereocenters. The molecular weight excluding hydrogens is 290 g/mol. The Hall–Kier alpha value is -1.84. The number of nitrogens with one attached hydrogen (secondary N) is 1. The van der Waals surface area contributed by atoms with Crippen molar-refractivity contribution in [2.45, 2.75) is 52.5 Å². The van der Waals surface area contributed by atoms with Gasteiger partial charge in [-0.25, -0.2) is 0 Å². The highest BCUT2D eigenvalue weighted by atomic mass is 16.4. The predicted molar refractivity (Wildman–Crippen MR) is 90.0 cm³/mol. The Labute approximate surface area is 138 Å². The first-order chi connectivity index (χ1) is 10.9. The fraction of sp³-hybridized carbons (Fsp3) is 0.579. The monoisotopic (exact) mass is 317 g/mol. The van der Waals surface area contributed by atoms with E-state index >= 15 is 0 Å². The SMILES string of the molecule is CCc1ccc(C(NC(=O)[C@@H]2CC[C@H](C(=O)O)C2)C(C)C)cc1. The summed E-state index contributed by atoms with van der Waals surface area (Å²) in [5.74, 6) is -1.05. The van der Waals surface area contributed by atoms with Crippen molar-refractivity contribution in [2.75, 3.05) is 0 Å². The lowest BCUT2D eigenvalue weighted by Gasteiger charge is -2.25. The van der Waals surface area contributed by atoms with Gasteiger partial charge < -0.3 is 10.4 Å². The summed E-state index contributed by atoms with van der Waals surface area (Å²) in [5, 5.41) is 12.2. The molecule has 3 atom stereocenters. The molecule has 0 bridgehead atoms. The van der Waals surface area contributed by atoms with Crippen molar-refractivity contribution in [3.8, 4) is 0 Å². The van der Waals surface area contributed by atoms with E-state index in [2.05, 4.69) is 50.4 Å². The fourth-order valence-electron chi connectivity index (χ4n) is 3.31. The Kier molecular flexibility index (Phi) is 5.80. The lowest BCUT2D eigenvalue weighted by molar-refractivity contribution is -0.141. The predicted octanol–water partition coefficient (Wildman–Crippen LogP) is 3.56. The van der Waals surface area contributed by atoms with Crippen LogP contribution in [0.2, 0.25) is 0 Å². The van der Waals surface area contributed by atoms with Gasteiger partial charge in [0.05, 0.1) is 12.0 Å². The van der Waals surface area contributed by atoms with Gasteiger partial charge in [0.2, 0.25) is 5.91 Å². The van der Waals surface area contributed by atoms with Crippen LogP contribution in [0.15, 0.2) is 24.3 Å². The molecule has 1 aliphatic carbocycles. The zero-order valence-electron chi connectivity index (χ0n) is 14.2.